The molecule has 0 N–H and O–H groups in total. The van der Waals surface area contributed by atoms with Crippen LogP contribution in [-0.4, -0.2) is 27.2 Å². The molecule has 90 valence electrons. The maximum Gasteiger partial charge on any atom is 0.145 e. The van der Waals surface area contributed by atoms with E-state index in [1.165, 1.54) is 0 Å². The van der Waals surface area contributed by atoms with Crippen molar-refractivity contribution in [2.24, 2.45) is 5.92 Å². The number of alkyl halides is 1. The van der Waals surface area contributed by atoms with Gasteiger partial charge in [-0.25, -0.2) is 0 Å². The van der Waals surface area contributed by atoms with Crippen molar-refractivity contribution in [2.75, 3.05) is 0 Å². The van der Waals surface area contributed by atoms with Crippen LogP contribution in [-0.2, 0) is 14.3 Å². The Bertz CT molecular complexity index is 324. The minimum Gasteiger partial charge on any atom is -0.373 e. The van der Waals surface area contributed by atoms with E-state index >= 15 is 0 Å². The number of hydrogen-bond acceptors (Lipinski definition) is 3. The zero-order valence-electron chi connectivity index (χ0n) is 9.66. The molecule has 2 aliphatic rings. The standard InChI is InChI=1S/C12H17IO3/c1-7-9(15)5-8(14)6-12(2,13)11-4-3-10(7)16-11/h7,10-11H,3-6H2,1-2H3/t7-,10-,11+,12-/m0/s1. The molecule has 2 fully saturated rings. The zero-order valence-corrected chi connectivity index (χ0v) is 11.8. The van der Waals surface area contributed by atoms with Gasteiger partial charge in [-0.1, -0.05) is 29.5 Å². The number of halogens is 1. The van der Waals surface area contributed by atoms with Gasteiger partial charge in [0.25, 0.3) is 0 Å². The Morgan fingerprint density at radius 3 is 2.75 bits per heavy atom. The molecule has 4 atom stereocenters. The molecule has 0 saturated carbocycles. The van der Waals surface area contributed by atoms with E-state index < -0.39 is 0 Å². The van der Waals surface area contributed by atoms with Gasteiger partial charge in [-0.05, 0) is 19.8 Å². The predicted molar refractivity (Wildman–Crippen MR) is 68.7 cm³/mol. The number of ether oxygens (including phenoxy) is 1. The van der Waals surface area contributed by atoms with Gasteiger partial charge in [0, 0.05) is 12.3 Å². The summed E-state index contributed by atoms with van der Waals surface area (Å²) in [5.41, 5.74) is 0. The average Bonchev–Trinajstić information content (AvgIpc) is 2.63. The average molecular weight is 336 g/mol. The Hall–Kier alpha value is 0.0300. The summed E-state index contributed by atoms with van der Waals surface area (Å²) in [5, 5.41) is 0. The topological polar surface area (TPSA) is 43.4 Å². The van der Waals surface area contributed by atoms with Crippen LogP contribution in [0.3, 0.4) is 0 Å². The number of ketones is 2. The van der Waals surface area contributed by atoms with Crippen LogP contribution in [0.15, 0.2) is 0 Å². The zero-order chi connectivity index (χ0) is 11.9. The highest BCUT2D eigenvalue weighted by molar-refractivity contribution is 14.1. The number of rotatable bonds is 0. The van der Waals surface area contributed by atoms with Gasteiger partial charge in [-0.15, -0.1) is 0 Å². The molecule has 16 heavy (non-hydrogen) atoms. The minimum absolute atomic E-state index is 0.0255. The second-order valence-corrected chi connectivity index (χ2v) is 7.63. The fourth-order valence-corrected chi connectivity index (χ4v) is 3.48. The molecule has 0 aromatic rings. The van der Waals surface area contributed by atoms with Crippen molar-refractivity contribution >= 4 is 34.2 Å². The van der Waals surface area contributed by atoms with E-state index in [0.29, 0.717) is 6.42 Å². The molecule has 4 heteroatoms. The van der Waals surface area contributed by atoms with Crippen LogP contribution in [0.1, 0.15) is 39.5 Å². The van der Waals surface area contributed by atoms with Crippen molar-refractivity contribution in [2.45, 2.75) is 55.2 Å². The first-order valence-electron chi connectivity index (χ1n) is 5.79. The van der Waals surface area contributed by atoms with Crippen molar-refractivity contribution in [1.29, 1.82) is 0 Å². The van der Waals surface area contributed by atoms with Gasteiger partial charge >= 0.3 is 0 Å². The first-order chi connectivity index (χ1) is 7.40. The van der Waals surface area contributed by atoms with Crippen LogP contribution >= 0.6 is 22.6 Å². The number of Topliss-reactive ketones (excluding diaryl/α,β-unsaturated/α-hetero) is 2. The van der Waals surface area contributed by atoms with Gasteiger partial charge in [0.05, 0.1) is 22.1 Å². The molecule has 2 rings (SSSR count). The lowest BCUT2D eigenvalue weighted by molar-refractivity contribution is -0.130. The Labute approximate surface area is 109 Å². The van der Waals surface area contributed by atoms with E-state index in [9.17, 15) is 9.59 Å². The van der Waals surface area contributed by atoms with E-state index in [1.54, 1.807) is 0 Å². The summed E-state index contributed by atoms with van der Waals surface area (Å²) in [6.45, 7) is 3.94. The van der Waals surface area contributed by atoms with Crippen LogP contribution in [0.25, 0.3) is 0 Å². The van der Waals surface area contributed by atoms with E-state index in [4.69, 9.17) is 4.74 Å². The summed E-state index contributed by atoms with van der Waals surface area (Å²) in [5.74, 6) is -0.0195. The van der Waals surface area contributed by atoms with E-state index in [-0.39, 0.29) is 39.5 Å². The molecule has 2 heterocycles. The molecule has 0 aliphatic carbocycles. The third kappa shape index (κ3) is 2.32. The molecule has 0 radical (unpaired) electrons. The SMILES string of the molecule is C[C@H]1C(=O)CC(=O)C[C@](C)(I)[C@H]2CC[C@@H]1O2. The fourth-order valence-electron chi connectivity index (χ4n) is 2.60. The van der Waals surface area contributed by atoms with Crippen LogP contribution in [0.4, 0.5) is 0 Å². The Morgan fingerprint density at radius 2 is 2.06 bits per heavy atom. The van der Waals surface area contributed by atoms with E-state index in [1.807, 2.05) is 6.92 Å². The molecule has 0 spiro atoms. The summed E-state index contributed by atoms with van der Waals surface area (Å²) < 4.78 is 5.79. The lowest BCUT2D eigenvalue weighted by Gasteiger charge is -2.28. The molecule has 0 amide bonds. The first-order valence-corrected chi connectivity index (χ1v) is 6.87. The Balaban J connectivity index is 2.25. The third-order valence-corrected chi connectivity index (χ3v) is 4.78. The summed E-state index contributed by atoms with van der Waals surface area (Å²) in [7, 11) is 0. The minimum atomic E-state index is -0.159. The molecule has 2 bridgehead atoms. The molecule has 3 nitrogen and oxygen atoms in total. The Morgan fingerprint density at radius 1 is 1.38 bits per heavy atom. The fraction of sp³-hybridized carbons (Fsp3) is 0.833. The van der Waals surface area contributed by atoms with Gasteiger partial charge in [-0.2, -0.15) is 0 Å². The quantitative estimate of drug-likeness (QED) is 0.387. The van der Waals surface area contributed by atoms with Crippen LogP contribution in [0.2, 0.25) is 0 Å². The van der Waals surface area contributed by atoms with Gasteiger partial charge in [0.15, 0.2) is 0 Å². The predicted octanol–water partition coefficient (Wildman–Crippen LogP) is 2.30. The van der Waals surface area contributed by atoms with Crippen molar-refractivity contribution in [3.05, 3.63) is 0 Å². The monoisotopic (exact) mass is 336 g/mol. The van der Waals surface area contributed by atoms with Crippen molar-refractivity contribution in [3.63, 3.8) is 0 Å². The van der Waals surface area contributed by atoms with Crippen LogP contribution in [0.5, 0.6) is 0 Å². The van der Waals surface area contributed by atoms with Crippen molar-refractivity contribution in [1.82, 2.24) is 0 Å². The van der Waals surface area contributed by atoms with Crippen LogP contribution in [0, 0.1) is 5.92 Å². The lowest BCUT2D eigenvalue weighted by atomic mass is 9.88. The second kappa shape index (κ2) is 4.37. The van der Waals surface area contributed by atoms with Crippen molar-refractivity contribution < 1.29 is 14.3 Å². The molecule has 0 aromatic carbocycles. The van der Waals surface area contributed by atoms with Gasteiger partial charge in [-0.3, -0.25) is 9.59 Å². The summed E-state index contributed by atoms with van der Waals surface area (Å²) >= 11 is 2.31. The Kier molecular flexibility index (Phi) is 3.41. The molecule has 0 unspecified atom stereocenters. The van der Waals surface area contributed by atoms with E-state index in [2.05, 4.69) is 29.5 Å². The highest BCUT2D eigenvalue weighted by Gasteiger charge is 2.44. The number of fused-ring (bicyclic) bond motifs is 2. The largest absolute Gasteiger partial charge is 0.373 e. The molecule has 2 saturated heterocycles. The van der Waals surface area contributed by atoms with Gasteiger partial charge in [0.2, 0.25) is 0 Å². The lowest BCUT2D eigenvalue weighted by Crippen LogP contribution is -2.35. The third-order valence-electron chi connectivity index (χ3n) is 3.70. The van der Waals surface area contributed by atoms with Gasteiger partial charge in [0.1, 0.15) is 11.6 Å². The van der Waals surface area contributed by atoms with E-state index in [0.717, 1.165) is 12.8 Å². The molecule has 2 aliphatic heterocycles. The molecular formula is C12H17IO3. The summed E-state index contributed by atoms with van der Waals surface area (Å²) in [4.78, 5) is 23.6. The van der Waals surface area contributed by atoms with Gasteiger partial charge < -0.3 is 4.74 Å². The normalized spacial score (nSPS) is 45.1. The van der Waals surface area contributed by atoms with Crippen LogP contribution < -0.4 is 0 Å². The highest BCUT2D eigenvalue weighted by atomic mass is 127. The summed E-state index contributed by atoms with van der Waals surface area (Å²) in [6, 6.07) is 0. The maximum absolute atomic E-state index is 11.8. The molecule has 0 aromatic heterocycles. The molecular weight excluding hydrogens is 319 g/mol. The van der Waals surface area contributed by atoms with Crippen molar-refractivity contribution in [3.8, 4) is 0 Å². The first kappa shape index (κ1) is 12.5. The summed E-state index contributed by atoms with van der Waals surface area (Å²) in [6.07, 6.45) is 2.60. The maximum atomic E-state index is 11.8. The number of carbonyl (C=O) groups excluding carboxylic acids is 2. The highest BCUT2D eigenvalue weighted by Crippen LogP contribution is 2.40. The second-order valence-electron chi connectivity index (χ2n) is 5.17. The number of carbonyl (C=O) groups is 2. The smallest absolute Gasteiger partial charge is 0.145 e. The number of hydrogen-bond donors (Lipinski definition) is 0.